The normalized spacial score (nSPS) is 12.9. The summed E-state index contributed by atoms with van der Waals surface area (Å²) in [6, 6.07) is 15.0. The van der Waals surface area contributed by atoms with E-state index in [1.54, 1.807) is 18.2 Å². The lowest BCUT2D eigenvalue weighted by Crippen LogP contribution is -2.32. The Bertz CT molecular complexity index is 837. The van der Waals surface area contributed by atoms with Crippen LogP contribution in [0.2, 0.25) is 0 Å². The Morgan fingerprint density at radius 3 is 2.58 bits per heavy atom. The first-order valence-electron chi connectivity index (χ1n) is 7.06. The van der Waals surface area contributed by atoms with Gasteiger partial charge in [0.1, 0.15) is 11.6 Å². The van der Waals surface area contributed by atoms with Crippen LogP contribution in [0.3, 0.4) is 0 Å². The number of nitrogens with two attached hydrogens (primary N) is 1. The monoisotopic (exact) mass is 347 g/mol. The molecule has 126 valence electrons. The first kappa shape index (κ1) is 17.9. The topological polar surface area (TPSA) is 117 Å². The highest BCUT2D eigenvalue weighted by Crippen LogP contribution is 2.18. The number of hydrogen-bond acceptors (Lipinski definition) is 5. The molecule has 1 unspecified atom stereocenters. The highest BCUT2D eigenvalue weighted by Gasteiger charge is 2.10. The summed E-state index contributed by atoms with van der Waals surface area (Å²) in [7, 11) is 0. The zero-order valence-corrected chi connectivity index (χ0v) is 13.4. The minimum absolute atomic E-state index is 0. The van der Waals surface area contributed by atoms with Gasteiger partial charge in [0, 0.05) is 10.3 Å². The Hall–Kier alpha value is -2.48. The van der Waals surface area contributed by atoms with Crippen LogP contribution < -0.4 is 5.73 Å². The fraction of sp³-hybridized carbons (Fsp3) is 0.118. The molecule has 3 N–H and O–H groups in total. The summed E-state index contributed by atoms with van der Waals surface area (Å²) >= 11 is -2.16. The quantitative estimate of drug-likeness (QED) is 0.700. The second kappa shape index (κ2) is 8.39. The van der Waals surface area contributed by atoms with E-state index < -0.39 is 23.1 Å². The maximum absolute atomic E-state index is 10.5. The number of carboxylic acid groups (broad SMARTS) is 1. The second-order valence-corrected chi connectivity index (χ2v) is 5.93. The second-order valence-electron chi connectivity index (χ2n) is 4.99. The Morgan fingerprint density at radius 1 is 1.25 bits per heavy atom. The highest BCUT2D eigenvalue weighted by atomic mass is 32.2. The van der Waals surface area contributed by atoms with Gasteiger partial charge >= 0.3 is 7.40 Å². The molecule has 0 saturated heterocycles. The van der Waals surface area contributed by atoms with Crippen LogP contribution in [-0.2, 0) is 22.3 Å². The van der Waals surface area contributed by atoms with Gasteiger partial charge in [0.25, 0.3) is 0 Å². The maximum atomic E-state index is 10.5. The molecule has 2 aromatic carbocycles. The summed E-state index contributed by atoms with van der Waals surface area (Å²) in [5.74, 6) is -0.959. The van der Waals surface area contributed by atoms with Crippen molar-refractivity contribution < 1.29 is 24.5 Å². The molecule has 24 heavy (non-hydrogen) atoms. The lowest BCUT2D eigenvalue weighted by Gasteiger charge is -2.04. The van der Waals surface area contributed by atoms with Crippen LogP contribution in [0, 0.1) is 0 Å². The first-order chi connectivity index (χ1) is 11.5. The summed E-state index contributed by atoms with van der Waals surface area (Å²) in [5, 5.41) is 9.32. The van der Waals surface area contributed by atoms with Gasteiger partial charge < -0.3 is 19.8 Å². The number of aliphatic carboxylic acids is 1. The molecule has 2 atom stereocenters. The van der Waals surface area contributed by atoms with Crippen molar-refractivity contribution in [1.29, 1.82) is 0 Å². The zero-order chi connectivity index (χ0) is 17.5. The molecule has 0 bridgehead atoms. The van der Waals surface area contributed by atoms with Gasteiger partial charge in [-0.2, -0.15) is 0 Å². The van der Waals surface area contributed by atoms with Crippen LogP contribution >= 0.6 is 0 Å². The molecule has 0 aliphatic carbocycles. The third-order valence-electron chi connectivity index (χ3n) is 3.23. The van der Waals surface area contributed by atoms with E-state index in [1.165, 1.54) is 12.3 Å². The summed E-state index contributed by atoms with van der Waals surface area (Å²) in [6.45, 7) is 0. The number of carbonyl (C=O) groups is 1. The SMILES string of the molecule is N[C@@H](Cc1ccccc1)C(=O)O.O=S([O-])c1ccc2occc2c1.[H+]. The Kier molecular flexibility index (Phi) is 6.25. The predicted octanol–water partition coefficient (Wildman–Crippen LogP) is 2.42. The maximum Gasteiger partial charge on any atom is 1.00 e. The molecule has 0 aliphatic heterocycles. The summed E-state index contributed by atoms with van der Waals surface area (Å²) in [4.78, 5) is 10.7. The Balaban J connectivity index is 0.000000240. The molecule has 0 saturated carbocycles. The van der Waals surface area contributed by atoms with Gasteiger partial charge in [-0.25, -0.2) is 0 Å². The van der Waals surface area contributed by atoms with E-state index in [2.05, 4.69) is 0 Å². The largest absolute Gasteiger partial charge is 1.00 e. The van der Waals surface area contributed by atoms with Crippen molar-refractivity contribution in [3.05, 3.63) is 66.4 Å². The molecule has 1 aromatic heterocycles. The van der Waals surface area contributed by atoms with Gasteiger partial charge in [0.05, 0.1) is 6.26 Å². The Labute approximate surface area is 142 Å². The summed E-state index contributed by atoms with van der Waals surface area (Å²) < 4.78 is 26.1. The van der Waals surface area contributed by atoms with E-state index >= 15 is 0 Å². The molecular formula is C17H17NO5S. The molecule has 0 amide bonds. The van der Waals surface area contributed by atoms with Gasteiger partial charge in [0.2, 0.25) is 0 Å². The molecule has 0 spiro atoms. The number of rotatable bonds is 4. The molecule has 6 nitrogen and oxygen atoms in total. The molecule has 0 fully saturated rings. The fourth-order valence-electron chi connectivity index (χ4n) is 2.00. The van der Waals surface area contributed by atoms with Crippen molar-refractivity contribution in [1.82, 2.24) is 0 Å². The molecule has 3 rings (SSSR count). The number of benzene rings is 2. The minimum atomic E-state index is -2.16. The predicted molar refractivity (Wildman–Crippen MR) is 90.3 cm³/mol. The van der Waals surface area contributed by atoms with Crippen molar-refractivity contribution in [3.63, 3.8) is 0 Å². The van der Waals surface area contributed by atoms with Gasteiger partial charge in [-0.1, -0.05) is 30.3 Å². The van der Waals surface area contributed by atoms with E-state index in [-0.39, 0.29) is 6.32 Å². The van der Waals surface area contributed by atoms with Gasteiger partial charge in [0.15, 0.2) is 0 Å². The van der Waals surface area contributed by atoms with E-state index in [4.69, 9.17) is 15.3 Å². The minimum Gasteiger partial charge on any atom is -0.768 e. The van der Waals surface area contributed by atoms with Crippen LogP contribution in [0.4, 0.5) is 0 Å². The van der Waals surface area contributed by atoms with E-state index in [0.717, 1.165) is 10.9 Å². The van der Waals surface area contributed by atoms with Crippen LogP contribution in [0.1, 0.15) is 6.99 Å². The molecular weight excluding hydrogens is 330 g/mol. The van der Waals surface area contributed by atoms with E-state index in [1.807, 2.05) is 30.3 Å². The van der Waals surface area contributed by atoms with Crippen LogP contribution in [0.25, 0.3) is 11.0 Å². The molecule has 0 aliphatic rings. The average Bonchev–Trinajstić information content (AvgIpc) is 3.03. The van der Waals surface area contributed by atoms with E-state index in [0.29, 0.717) is 12.0 Å². The van der Waals surface area contributed by atoms with E-state index in [9.17, 15) is 13.6 Å². The number of furan rings is 1. The molecule has 7 heteroatoms. The fourth-order valence-corrected chi connectivity index (χ4v) is 2.41. The van der Waals surface area contributed by atoms with Crippen LogP contribution in [-0.4, -0.2) is 25.9 Å². The zero-order valence-electron chi connectivity index (χ0n) is 13.6. The number of fused-ring (bicyclic) bond motifs is 1. The van der Waals surface area contributed by atoms with Crippen molar-refractivity contribution in [2.45, 2.75) is 17.4 Å². The number of carboxylic acids is 1. The first-order valence-corrected chi connectivity index (χ1v) is 8.13. The standard InChI is InChI=1S/C9H11NO2.C8H6O3S/c10-8(9(11)12)6-7-4-2-1-3-5-7;9-12(10)7-1-2-8-6(5-7)3-4-11-8/h1-5,8H,6,10H2,(H,11,12);1-5H,(H,9,10)/t8-;/m0./s1. The van der Waals surface area contributed by atoms with Crippen LogP contribution in [0.15, 0.2) is 70.2 Å². The van der Waals surface area contributed by atoms with Gasteiger partial charge in [-0.3, -0.25) is 9.00 Å². The molecule has 1 heterocycles. The summed E-state index contributed by atoms with van der Waals surface area (Å²) in [5.41, 5.74) is 7.00. The van der Waals surface area contributed by atoms with Crippen LogP contribution in [0.5, 0.6) is 0 Å². The third kappa shape index (κ3) is 5.02. The van der Waals surface area contributed by atoms with Gasteiger partial charge in [-0.05, 0) is 47.3 Å². The lowest BCUT2D eigenvalue weighted by atomic mass is 10.1. The van der Waals surface area contributed by atoms with Crippen molar-refractivity contribution >= 4 is 28.0 Å². The van der Waals surface area contributed by atoms with Gasteiger partial charge in [-0.15, -0.1) is 0 Å². The highest BCUT2D eigenvalue weighted by molar-refractivity contribution is 7.79. The van der Waals surface area contributed by atoms with Crippen molar-refractivity contribution in [2.24, 2.45) is 5.73 Å². The smallest absolute Gasteiger partial charge is 0.768 e. The number of hydrogen-bond donors (Lipinski definition) is 2. The lowest BCUT2D eigenvalue weighted by molar-refractivity contribution is -0.138. The van der Waals surface area contributed by atoms with Crippen molar-refractivity contribution in [2.75, 3.05) is 0 Å². The third-order valence-corrected chi connectivity index (χ3v) is 3.87. The average molecular weight is 347 g/mol. The molecule has 0 radical (unpaired) electrons. The Morgan fingerprint density at radius 2 is 1.96 bits per heavy atom. The summed E-state index contributed by atoms with van der Waals surface area (Å²) in [6.07, 6.45) is 1.92. The van der Waals surface area contributed by atoms with Crippen molar-refractivity contribution in [3.8, 4) is 0 Å². The molecule has 3 aromatic rings.